The third-order valence-corrected chi connectivity index (χ3v) is 2.75. The number of hydrogen-bond acceptors (Lipinski definition) is 3. The SMILES string of the molecule is CCCCOCCNC(=O)Cc1cccc(C(=O)O)c1. The molecule has 0 atom stereocenters. The quantitative estimate of drug-likeness (QED) is 0.677. The Kier molecular flexibility index (Phi) is 7.35. The Hall–Kier alpha value is -1.88. The highest BCUT2D eigenvalue weighted by Crippen LogP contribution is 2.06. The number of carbonyl (C=O) groups is 2. The third-order valence-electron chi connectivity index (χ3n) is 2.75. The van der Waals surface area contributed by atoms with E-state index < -0.39 is 5.97 Å². The van der Waals surface area contributed by atoms with Crippen LogP contribution in [0.15, 0.2) is 24.3 Å². The molecular formula is C15H21NO4. The van der Waals surface area contributed by atoms with Gasteiger partial charge in [-0.05, 0) is 24.1 Å². The van der Waals surface area contributed by atoms with E-state index in [1.807, 2.05) is 0 Å². The maximum atomic E-state index is 11.7. The lowest BCUT2D eigenvalue weighted by Crippen LogP contribution is -2.28. The van der Waals surface area contributed by atoms with Crippen molar-refractivity contribution in [3.63, 3.8) is 0 Å². The van der Waals surface area contributed by atoms with Gasteiger partial charge in [0.05, 0.1) is 18.6 Å². The van der Waals surface area contributed by atoms with Gasteiger partial charge < -0.3 is 15.2 Å². The number of rotatable bonds is 9. The molecule has 0 radical (unpaired) electrons. The first-order chi connectivity index (χ1) is 9.63. The summed E-state index contributed by atoms with van der Waals surface area (Å²) in [5.74, 6) is -1.12. The van der Waals surface area contributed by atoms with Gasteiger partial charge in [-0.15, -0.1) is 0 Å². The molecule has 0 aromatic heterocycles. The fraction of sp³-hybridized carbons (Fsp3) is 0.467. The summed E-state index contributed by atoms with van der Waals surface area (Å²) in [6.07, 6.45) is 2.29. The van der Waals surface area contributed by atoms with Crippen LogP contribution < -0.4 is 5.32 Å². The summed E-state index contributed by atoms with van der Waals surface area (Å²) in [6.45, 7) is 3.78. The van der Waals surface area contributed by atoms with E-state index in [0.29, 0.717) is 25.3 Å². The Morgan fingerprint density at radius 1 is 1.30 bits per heavy atom. The fourth-order valence-electron chi connectivity index (χ4n) is 1.67. The summed E-state index contributed by atoms with van der Waals surface area (Å²) in [7, 11) is 0. The Bertz CT molecular complexity index is 445. The van der Waals surface area contributed by atoms with E-state index in [1.54, 1.807) is 12.1 Å². The van der Waals surface area contributed by atoms with E-state index in [9.17, 15) is 9.59 Å². The normalized spacial score (nSPS) is 10.2. The summed E-state index contributed by atoms with van der Waals surface area (Å²) in [5.41, 5.74) is 0.882. The molecule has 0 saturated heterocycles. The minimum Gasteiger partial charge on any atom is -0.478 e. The number of nitrogens with one attached hydrogen (secondary N) is 1. The highest BCUT2D eigenvalue weighted by atomic mass is 16.5. The van der Waals surface area contributed by atoms with Crippen LogP contribution in [0.4, 0.5) is 0 Å². The van der Waals surface area contributed by atoms with E-state index in [0.717, 1.165) is 12.8 Å². The van der Waals surface area contributed by atoms with E-state index in [4.69, 9.17) is 9.84 Å². The summed E-state index contributed by atoms with van der Waals surface area (Å²) in [4.78, 5) is 22.5. The molecule has 0 heterocycles. The van der Waals surface area contributed by atoms with Gasteiger partial charge in [-0.25, -0.2) is 4.79 Å². The molecule has 0 aliphatic heterocycles. The van der Waals surface area contributed by atoms with Crippen LogP contribution in [0.25, 0.3) is 0 Å². The zero-order valence-electron chi connectivity index (χ0n) is 11.7. The number of carboxylic acids is 1. The van der Waals surface area contributed by atoms with E-state index >= 15 is 0 Å². The van der Waals surface area contributed by atoms with Crippen molar-refractivity contribution in [1.82, 2.24) is 5.32 Å². The Morgan fingerprint density at radius 3 is 2.80 bits per heavy atom. The molecule has 2 N–H and O–H groups in total. The number of hydrogen-bond donors (Lipinski definition) is 2. The standard InChI is InChI=1S/C15H21NO4/c1-2-3-8-20-9-7-16-14(17)11-12-5-4-6-13(10-12)15(18)19/h4-6,10H,2-3,7-9,11H2,1H3,(H,16,17)(H,18,19). The average Bonchev–Trinajstić information content (AvgIpc) is 2.43. The summed E-state index contributed by atoms with van der Waals surface area (Å²) in [5, 5.41) is 11.6. The van der Waals surface area contributed by atoms with Gasteiger partial charge in [0.2, 0.25) is 5.91 Å². The number of benzene rings is 1. The zero-order chi connectivity index (χ0) is 14.8. The van der Waals surface area contributed by atoms with Crippen molar-refractivity contribution < 1.29 is 19.4 Å². The summed E-state index contributed by atoms with van der Waals surface area (Å²) >= 11 is 0. The number of unbranched alkanes of at least 4 members (excludes halogenated alkanes) is 1. The largest absolute Gasteiger partial charge is 0.478 e. The van der Waals surface area contributed by atoms with Crippen LogP contribution in [0.5, 0.6) is 0 Å². The van der Waals surface area contributed by atoms with Crippen LogP contribution in [0.1, 0.15) is 35.7 Å². The molecule has 5 nitrogen and oxygen atoms in total. The van der Waals surface area contributed by atoms with Gasteiger partial charge in [-0.3, -0.25) is 4.79 Å². The molecule has 1 amide bonds. The molecule has 1 aromatic carbocycles. The Balaban J connectivity index is 2.28. The number of carbonyl (C=O) groups excluding carboxylic acids is 1. The van der Waals surface area contributed by atoms with Gasteiger partial charge in [0.15, 0.2) is 0 Å². The molecule has 5 heteroatoms. The summed E-state index contributed by atoms with van der Waals surface area (Å²) in [6, 6.07) is 6.40. The van der Waals surface area contributed by atoms with Crippen molar-refractivity contribution in [2.24, 2.45) is 0 Å². The Morgan fingerprint density at radius 2 is 2.10 bits per heavy atom. The molecule has 0 aliphatic rings. The second kappa shape index (κ2) is 9.09. The van der Waals surface area contributed by atoms with E-state index in [-0.39, 0.29) is 17.9 Å². The molecule has 0 bridgehead atoms. The molecular weight excluding hydrogens is 258 g/mol. The van der Waals surface area contributed by atoms with Crippen LogP contribution in [-0.4, -0.2) is 36.7 Å². The maximum absolute atomic E-state index is 11.7. The molecule has 1 aromatic rings. The van der Waals surface area contributed by atoms with Crippen LogP contribution in [0.2, 0.25) is 0 Å². The van der Waals surface area contributed by atoms with Crippen molar-refractivity contribution in [2.75, 3.05) is 19.8 Å². The van der Waals surface area contributed by atoms with Gasteiger partial charge in [-0.1, -0.05) is 25.5 Å². The van der Waals surface area contributed by atoms with Crippen LogP contribution in [-0.2, 0) is 16.0 Å². The van der Waals surface area contributed by atoms with Crippen molar-refractivity contribution in [1.29, 1.82) is 0 Å². The second-order valence-electron chi connectivity index (χ2n) is 4.50. The predicted molar refractivity (Wildman–Crippen MR) is 75.8 cm³/mol. The van der Waals surface area contributed by atoms with Crippen molar-refractivity contribution >= 4 is 11.9 Å². The Labute approximate surface area is 118 Å². The van der Waals surface area contributed by atoms with Crippen LogP contribution in [0, 0.1) is 0 Å². The van der Waals surface area contributed by atoms with Gasteiger partial charge in [-0.2, -0.15) is 0 Å². The monoisotopic (exact) mass is 279 g/mol. The van der Waals surface area contributed by atoms with Gasteiger partial charge in [0.25, 0.3) is 0 Å². The number of carboxylic acid groups (broad SMARTS) is 1. The number of aromatic carboxylic acids is 1. The first-order valence-corrected chi connectivity index (χ1v) is 6.80. The van der Waals surface area contributed by atoms with Gasteiger partial charge in [0, 0.05) is 13.2 Å². The minimum absolute atomic E-state index is 0.133. The number of amides is 1. The highest BCUT2D eigenvalue weighted by Gasteiger charge is 2.06. The first-order valence-electron chi connectivity index (χ1n) is 6.80. The van der Waals surface area contributed by atoms with Crippen molar-refractivity contribution in [3.8, 4) is 0 Å². The van der Waals surface area contributed by atoms with Crippen LogP contribution >= 0.6 is 0 Å². The minimum atomic E-state index is -0.989. The fourth-order valence-corrected chi connectivity index (χ4v) is 1.67. The molecule has 0 spiro atoms. The molecule has 20 heavy (non-hydrogen) atoms. The van der Waals surface area contributed by atoms with Crippen molar-refractivity contribution in [2.45, 2.75) is 26.2 Å². The third kappa shape index (κ3) is 6.33. The first kappa shape index (κ1) is 16.2. The average molecular weight is 279 g/mol. The summed E-state index contributed by atoms with van der Waals surface area (Å²) < 4.78 is 5.33. The lowest BCUT2D eigenvalue weighted by atomic mass is 10.1. The molecule has 0 aliphatic carbocycles. The lowest BCUT2D eigenvalue weighted by Gasteiger charge is -2.06. The van der Waals surface area contributed by atoms with E-state index in [2.05, 4.69) is 12.2 Å². The zero-order valence-corrected chi connectivity index (χ0v) is 11.7. The van der Waals surface area contributed by atoms with Gasteiger partial charge >= 0.3 is 5.97 Å². The lowest BCUT2D eigenvalue weighted by molar-refractivity contribution is -0.120. The maximum Gasteiger partial charge on any atom is 0.335 e. The molecule has 1 rings (SSSR count). The molecule has 0 unspecified atom stereocenters. The van der Waals surface area contributed by atoms with Crippen molar-refractivity contribution in [3.05, 3.63) is 35.4 Å². The molecule has 110 valence electrons. The van der Waals surface area contributed by atoms with Gasteiger partial charge in [0.1, 0.15) is 0 Å². The predicted octanol–water partition coefficient (Wildman–Crippen LogP) is 1.86. The second-order valence-corrected chi connectivity index (χ2v) is 4.50. The number of ether oxygens (including phenoxy) is 1. The highest BCUT2D eigenvalue weighted by molar-refractivity contribution is 5.88. The smallest absolute Gasteiger partial charge is 0.335 e. The topological polar surface area (TPSA) is 75.6 Å². The van der Waals surface area contributed by atoms with Crippen LogP contribution in [0.3, 0.4) is 0 Å². The molecule has 0 fully saturated rings. The van der Waals surface area contributed by atoms with E-state index in [1.165, 1.54) is 12.1 Å². The molecule has 0 saturated carbocycles.